The van der Waals surface area contributed by atoms with Crippen LogP contribution in [-0.4, -0.2) is 66.7 Å². The minimum atomic E-state index is -3.12. The topological polar surface area (TPSA) is 114 Å². The fourth-order valence-electron chi connectivity index (χ4n) is 3.30. The number of amides is 1. The molecule has 0 aliphatic carbocycles. The summed E-state index contributed by atoms with van der Waals surface area (Å²) in [4.78, 5) is 40.7. The van der Waals surface area contributed by atoms with Crippen molar-refractivity contribution in [2.24, 2.45) is 0 Å². The maximum Gasteiger partial charge on any atom is 0.355 e. The summed E-state index contributed by atoms with van der Waals surface area (Å²) in [5.74, 6) is -1.38. The molecule has 0 bridgehead atoms. The van der Waals surface area contributed by atoms with Gasteiger partial charge in [0.2, 0.25) is 0 Å². The number of ether oxygens (including phenoxy) is 1. The van der Waals surface area contributed by atoms with E-state index in [9.17, 15) is 22.8 Å². The lowest BCUT2D eigenvalue weighted by Crippen LogP contribution is -2.44. The van der Waals surface area contributed by atoms with E-state index in [4.69, 9.17) is 4.74 Å². The standard InChI is InChI=1S/C17H24N2O6S/c1-9-14(11(3)20)10(2)18-15(9)17(22)25-12(4)16(21)19(5)13-6-7-26(23,24)8-13/h12-13,18H,6-8H2,1-5H3. The molecule has 1 aromatic rings. The Morgan fingerprint density at radius 3 is 2.35 bits per heavy atom. The normalized spacial score (nSPS) is 19.8. The minimum absolute atomic E-state index is 0.0538. The van der Waals surface area contributed by atoms with Crippen molar-refractivity contribution in [3.63, 3.8) is 0 Å². The zero-order chi connectivity index (χ0) is 19.8. The molecule has 2 heterocycles. The Bertz CT molecular complexity index is 855. The molecule has 1 aliphatic rings. The first-order chi connectivity index (χ1) is 11.9. The lowest BCUT2D eigenvalue weighted by molar-refractivity contribution is -0.140. The van der Waals surface area contributed by atoms with Crippen molar-refractivity contribution >= 4 is 27.5 Å². The lowest BCUT2D eigenvalue weighted by Gasteiger charge is -2.26. The number of nitrogens with zero attached hydrogens (tertiary/aromatic N) is 1. The van der Waals surface area contributed by atoms with Gasteiger partial charge < -0.3 is 14.6 Å². The number of hydrogen-bond donors (Lipinski definition) is 1. The Hall–Kier alpha value is -2.16. The highest BCUT2D eigenvalue weighted by atomic mass is 32.2. The van der Waals surface area contributed by atoms with Crippen molar-refractivity contribution in [1.82, 2.24) is 9.88 Å². The van der Waals surface area contributed by atoms with Gasteiger partial charge in [-0.05, 0) is 39.7 Å². The second-order valence-electron chi connectivity index (χ2n) is 6.73. The molecule has 0 saturated carbocycles. The molecule has 1 fully saturated rings. The van der Waals surface area contributed by atoms with Gasteiger partial charge in [-0.2, -0.15) is 0 Å². The molecule has 2 rings (SSSR count). The first-order valence-electron chi connectivity index (χ1n) is 8.32. The zero-order valence-electron chi connectivity index (χ0n) is 15.6. The van der Waals surface area contributed by atoms with Crippen molar-refractivity contribution in [3.05, 3.63) is 22.5 Å². The van der Waals surface area contributed by atoms with E-state index >= 15 is 0 Å². The van der Waals surface area contributed by atoms with Crippen LogP contribution in [0.25, 0.3) is 0 Å². The van der Waals surface area contributed by atoms with E-state index in [1.54, 1.807) is 13.8 Å². The highest BCUT2D eigenvalue weighted by molar-refractivity contribution is 7.91. The summed E-state index contributed by atoms with van der Waals surface area (Å²) in [6.45, 7) is 6.18. The van der Waals surface area contributed by atoms with Crippen molar-refractivity contribution < 1.29 is 27.5 Å². The maximum absolute atomic E-state index is 12.5. The van der Waals surface area contributed by atoms with Crippen molar-refractivity contribution in [1.29, 1.82) is 0 Å². The molecule has 2 atom stereocenters. The molecule has 1 aliphatic heterocycles. The molecule has 2 unspecified atom stereocenters. The Morgan fingerprint density at radius 1 is 1.27 bits per heavy atom. The first kappa shape index (κ1) is 20.2. The number of carbonyl (C=O) groups excluding carboxylic acids is 3. The first-order valence-corrected chi connectivity index (χ1v) is 10.1. The van der Waals surface area contributed by atoms with Crippen LogP contribution in [0, 0.1) is 13.8 Å². The Labute approximate surface area is 152 Å². The number of sulfone groups is 1. The summed E-state index contributed by atoms with van der Waals surface area (Å²) in [5, 5.41) is 0. The van der Waals surface area contributed by atoms with Crippen LogP contribution in [0.15, 0.2) is 0 Å². The van der Waals surface area contributed by atoms with Gasteiger partial charge >= 0.3 is 5.97 Å². The molecule has 1 amide bonds. The molecule has 0 radical (unpaired) electrons. The third kappa shape index (κ3) is 3.98. The van der Waals surface area contributed by atoms with E-state index in [0.29, 0.717) is 23.2 Å². The third-order valence-corrected chi connectivity index (χ3v) is 6.48. The van der Waals surface area contributed by atoms with Crippen LogP contribution < -0.4 is 0 Å². The maximum atomic E-state index is 12.5. The van der Waals surface area contributed by atoms with Crippen LogP contribution in [0.1, 0.15) is 52.4 Å². The van der Waals surface area contributed by atoms with Crippen molar-refractivity contribution in [2.45, 2.75) is 46.3 Å². The average molecular weight is 384 g/mol. The van der Waals surface area contributed by atoms with E-state index in [1.165, 1.54) is 25.8 Å². The largest absolute Gasteiger partial charge is 0.448 e. The molecule has 1 aromatic heterocycles. The number of carbonyl (C=O) groups is 3. The number of aryl methyl sites for hydroxylation is 1. The number of Topliss-reactive ketones (excluding diaryl/α,β-unsaturated/α-hetero) is 1. The molecular formula is C17H24N2O6S. The van der Waals surface area contributed by atoms with Gasteiger partial charge in [-0.25, -0.2) is 13.2 Å². The van der Waals surface area contributed by atoms with Crippen LogP contribution in [0.5, 0.6) is 0 Å². The molecule has 0 aromatic carbocycles. The lowest BCUT2D eigenvalue weighted by atomic mass is 10.1. The monoisotopic (exact) mass is 384 g/mol. The number of nitrogens with one attached hydrogen (secondary N) is 1. The Morgan fingerprint density at radius 2 is 1.88 bits per heavy atom. The van der Waals surface area contributed by atoms with E-state index in [-0.39, 0.29) is 23.0 Å². The minimum Gasteiger partial charge on any atom is -0.448 e. The quantitative estimate of drug-likeness (QED) is 0.599. The number of esters is 1. The third-order valence-electron chi connectivity index (χ3n) is 4.73. The van der Waals surface area contributed by atoms with Gasteiger partial charge in [-0.15, -0.1) is 0 Å². The number of H-pyrrole nitrogens is 1. The number of aromatic nitrogens is 1. The smallest absolute Gasteiger partial charge is 0.355 e. The van der Waals surface area contributed by atoms with E-state index in [1.807, 2.05) is 0 Å². The van der Waals surface area contributed by atoms with Crippen LogP contribution in [0.3, 0.4) is 0 Å². The van der Waals surface area contributed by atoms with Gasteiger partial charge in [0.05, 0.1) is 11.5 Å². The van der Waals surface area contributed by atoms with Crippen LogP contribution in [0.2, 0.25) is 0 Å². The summed E-state index contributed by atoms with van der Waals surface area (Å²) in [5.41, 5.74) is 1.62. The van der Waals surface area contributed by atoms with Crippen molar-refractivity contribution in [2.75, 3.05) is 18.6 Å². The zero-order valence-corrected chi connectivity index (χ0v) is 16.4. The van der Waals surface area contributed by atoms with Crippen LogP contribution in [-0.2, 0) is 19.4 Å². The summed E-state index contributed by atoms with van der Waals surface area (Å²) < 4.78 is 28.4. The molecular weight excluding hydrogens is 360 g/mol. The van der Waals surface area contributed by atoms with Gasteiger partial charge in [0.1, 0.15) is 5.69 Å². The fourth-order valence-corrected chi connectivity index (χ4v) is 5.07. The van der Waals surface area contributed by atoms with E-state index < -0.39 is 33.9 Å². The number of aromatic amines is 1. The molecule has 1 N–H and O–H groups in total. The van der Waals surface area contributed by atoms with Crippen molar-refractivity contribution in [3.8, 4) is 0 Å². The summed E-state index contributed by atoms with van der Waals surface area (Å²) in [7, 11) is -1.61. The number of rotatable bonds is 5. The predicted molar refractivity (Wildman–Crippen MR) is 95.0 cm³/mol. The SMILES string of the molecule is CC(=O)c1c(C)[nH]c(C(=O)OC(C)C(=O)N(C)C2CCS(=O)(=O)C2)c1C. The summed E-state index contributed by atoms with van der Waals surface area (Å²) in [6.07, 6.45) is -0.693. The molecule has 144 valence electrons. The Kier molecular flexibility index (Phi) is 5.60. The van der Waals surface area contributed by atoms with Crippen LogP contribution in [0.4, 0.5) is 0 Å². The van der Waals surface area contributed by atoms with E-state index in [2.05, 4.69) is 4.98 Å². The highest BCUT2D eigenvalue weighted by Gasteiger charge is 2.35. The molecule has 0 spiro atoms. The molecule has 1 saturated heterocycles. The number of likely N-dealkylation sites (N-methyl/N-ethyl adjacent to an activating group) is 1. The van der Waals surface area contributed by atoms with Gasteiger partial charge in [0, 0.05) is 24.3 Å². The van der Waals surface area contributed by atoms with Gasteiger partial charge in [-0.3, -0.25) is 9.59 Å². The molecule has 26 heavy (non-hydrogen) atoms. The summed E-state index contributed by atoms with van der Waals surface area (Å²) in [6, 6.07) is -0.410. The number of hydrogen-bond acceptors (Lipinski definition) is 6. The fraction of sp³-hybridized carbons (Fsp3) is 0.588. The molecule has 9 heteroatoms. The Balaban J connectivity index is 2.08. The van der Waals surface area contributed by atoms with Crippen LogP contribution >= 0.6 is 0 Å². The van der Waals surface area contributed by atoms with Gasteiger partial charge in [0.25, 0.3) is 5.91 Å². The second-order valence-corrected chi connectivity index (χ2v) is 8.96. The van der Waals surface area contributed by atoms with E-state index in [0.717, 1.165) is 0 Å². The average Bonchev–Trinajstić information content (AvgIpc) is 3.04. The number of ketones is 1. The highest BCUT2D eigenvalue weighted by Crippen LogP contribution is 2.21. The second kappa shape index (κ2) is 7.22. The van der Waals surface area contributed by atoms with Gasteiger partial charge in [0.15, 0.2) is 21.7 Å². The predicted octanol–water partition coefficient (Wildman–Crippen LogP) is 1.02. The molecule has 8 nitrogen and oxygen atoms in total. The summed E-state index contributed by atoms with van der Waals surface area (Å²) >= 11 is 0. The van der Waals surface area contributed by atoms with Gasteiger partial charge in [-0.1, -0.05) is 0 Å².